The van der Waals surface area contributed by atoms with Crippen molar-refractivity contribution in [3.63, 3.8) is 0 Å². The SMILES string of the molecule is C1=CC(c2cccc(C3=NC(c4ccccc4)Nc4c3oc3ccccc43)c2)CC2=C1c1c(cc3ccccc3c1-c1ccccc1)C2(c1ccccc1)c1ccccc1. The number of hydrogen-bond acceptors (Lipinski definition) is 3. The van der Waals surface area contributed by atoms with Crippen molar-refractivity contribution in [1.29, 1.82) is 0 Å². The summed E-state index contributed by atoms with van der Waals surface area (Å²) >= 11 is 0. The second-order valence-corrected chi connectivity index (χ2v) is 16.2. The molecule has 0 saturated heterocycles. The first-order valence-electron chi connectivity index (χ1n) is 20.9. The van der Waals surface area contributed by atoms with E-state index < -0.39 is 5.41 Å². The summed E-state index contributed by atoms with van der Waals surface area (Å²) in [6.07, 6.45) is 5.50. The Labute approximate surface area is 349 Å². The molecule has 8 aromatic carbocycles. The molecule has 0 fully saturated rings. The highest BCUT2D eigenvalue weighted by atomic mass is 16.3. The maximum atomic E-state index is 6.61. The van der Waals surface area contributed by atoms with Crippen LogP contribution in [0.5, 0.6) is 0 Å². The lowest BCUT2D eigenvalue weighted by Gasteiger charge is -2.38. The Hall–Kier alpha value is -7.49. The van der Waals surface area contributed by atoms with Gasteiger partial charge in [0.15, 0.2) is 5.76 Å². The predicted molar refractivity (Wildman–Crippen MR) is 247 cm³/mol. The maximum Gasteiger partial charge on any atom is 0.177 e. The molecule has 0 amide bonds. The number of anilines is 1. The molecule has 2 aliphatic carbocycles. The van der Waals surface area contributed by atoms with Gasteiger partial charge in [-0.3, -0.25) is 4.99 Å². The molecule has 1 aromatic heterocycles. The van der Waals surface area contributed by atoms with Crippen LogP contribution in [-0.4, -0.2) is 5.71 Å². The van der Waals surface area contributed by atoms with Gasteiger partial charge in [-0.2, -0.15) is 0 Å². The Morgan fingerprint density at radius 1 is 0.550 bits per heavy atom. The third-order valence-corrected chi connectivity index (χ3v) is 12.9. The number of rotatable bonds is 6. The van der Waals surface area contributed by atoms with E-state index in [2.05, 4.69) is 206 Å². The molecule has 60 heavy (non-hydrogen) atoms. The van der Waals surface area contributed by atoms with E-state index in [1.807, 2.05) is 12.1 Å². The number of aliphatic imine (C=N–C) groups is 1. The van der Waals surface area contributed by atoms with E-state index in [1.165, 1.54) is 60.9 Å². The predicted octanol–water partition coefficient (Wildman–Crippen LogP) is 14.1. The van der Waals surface area contributed by atoms with Crippen LogP contribution in [0.2, 0.25) is 0 Å². The van der Waals surface area contributed by atoms with Crippen LogP contribution in [-0.2, 0) is 5.41 Å². The topological polar surface area (TPSA) is 37.5 Å². The van der Waals surface area contributed by atoms with Gasteiger partial charge in [-0.1, -0.05) is 188 Å². The number of hydrogen-bond donors (Lipinski definition) is 1. The molecule has 2 unspecified atom stereocenters. The number of furan rings is 1. The van der Waals surface area contributed by atoms with Crippen molar-refractivity contribution >= 4 is 38.7 Å². The number of fused-ring (bicyclic) bond motifs is 6. The fourth-order valence-electron chi connectivity index (χ4n) is 10.3. The summed E-state index contributed by atoms with van der Waals surface area (Å²) in [4.78, 5) is 5.38. The third kappa shape index (κ3) is 5.25. The van der Waals surface area contributed by atoms with E-state index in [4.69, 9.17) is 9.41 Å². The van der Waals surface area contributed by atoms with Crippen molar-refractivity contribution in [1.82, 2.24) is 0 Å². The normalized spacial score (nSPS) is 17.5. The lowest BCUT2D eigenvalue weighted by Crippen LogP contribution is -2.31. The first-order valence-corrected chi connectivity index (χ1v) is 20.9. The number of para-hydroxylation sites is 1. The van der Waals surface area contributed by atoms with Crippen molar-refractivity contribution in [3.05, 3.63) is 263 Å². The molecule has 0 bridgehead atoms. The van der Waals surface area contributed by atoms with Gasteiger partial charge in [-0.05, 0) is 97.1 Å². The second kappa shape index (κ2) is 13.8. The highest BCUT2D eigenvalue weighted by Crippen LogP contribution is 2.61. The van der Waals surface area contributed by atoms with E-state index >= 15 is 0 Å². The van der Waals surface area contributed by atoms with Crippen LogP contribution in [0.1, 0.15) is 63.2 Å². The van der Waals surface area contributed by atoms with E-state index in [9.17, 15) is 0 Å². The fraction of sp³-hybridized carbons (Fsp3) is 0.0702. The van der Waals surface area contributed by atoms with E-state index in [1.54, 1.807) is 0 Å². The second-order valence-electron chi connectivity index (χ2n) is 16.2. The number of nitrogens with zero attached hydrogens (tertiary/aromatic N) is 1. The fourth-order valence-corrected chi connectivity index (χ4v) is 10.3. The quantitative estimate of drug-likeness (QED) is 0.183. The molecule has 1 N–H and O–H groups in total. The van der Waals surface area contributed by atoms with Crippen molar-refractivity contribution < 1.29 is 4.42 Å². The lowest BCUT2D eigenvalue weighted by molar-refractivity contribution is 0.599. The molecule has 0 saturated carbocycles. The third-order valence-electron chi connectivity index (χ3n) is 12.9. The van der Waals surface area contributed by atoms with Gasteiger partial charge in [0, 0.05) is 16.9 Å². The van der Waals surface area contributed by atoms with Gasteiger partial charge in [-0.15, -0.1) is 0 Å². The molecule has 9 aromatic rings. The smallest absolute Gasteiger partial charge is 0.177 e. The molecule has 3 heteroatoms. The van der Waals surface area contributed by atoms with Gasteiger partial charge < -0.3 is 9.73 Å². The zero-order valence-electron chi connectivity index (χ0n) is 32.9. The molecule has 0 spiro atoms. The zero-order chi connectivity index (χ0) is 39.6. The Kier molecular flexibility index (Phi) is 7.96. The van der Waals surface area contributed by atoms with Crippen LogP contribution >= 0.6 is 0 Å². The number of benzene rings is 8. The summed E-state index contributed by atoms with van der Waals surface area (Å²) in [5.41, 5.74) is 16.2. The van der Waals surface area contributed by atoms with E-state index in [0.29, 0.717) is 0 Å². The van der Waals surface area contributed by atoms with E-state index in [0.717, 1.165) is 45.7 Å². The number of allylic oxidation sites excluding steroid dienone is 4. The van der Waals surface area contributed by atoms with Crippen LogP contribution in [0.25, 0.3) is 38.4 Å². The molecule has 284 valence electrons. The minimum absolute atomic E-state index is 0.127. The standard InChI is InChI=1S/C57H40N2O/c1-5-18-37(19-6-1)51-45-29-14-13-22-41(45)36-49-52(51)46-33-32-40(35-48(46)57(49,43-25-9-3-10-26-43)44-27-11-4-12-28-44)39-23-17-24-42(34-39)53-55-54(47-30-15-16-31-50(47)60-55)59-56(58-53)38-20-7-2-8-21-38/h1-34,36,40,56,59H,35H2. The molecule has 3 aliphatic rings. The van der Waals surface area contributed by atoms with Crippen molar-refractivity contribution in [2.45, 2.75) is 23.9 Å². The van der Waals surface area contributed by atoms with Crippen molar-refractivity contribution in [3.8, 4) is 11.1 Å². The Balaban J connectivity index is 1.05. The Morgan fingerprint density at radius 3 is 1.92 bits per heavy atom. The van der Waals surface area contributed by atoms with Crippen molar-refractivity contribution in [2.24, 2.45) is 4.99 Å². The minimum atomic E-state index is -0.507. The highest BCUT2D eigenvalue weighted by molar-refractivity contribution is 6.19. The molecule has 1 aliphatic heterocycles. The maximum absolute atomic E-state index is 6.61. The monoisotopic (exact) mass is 768 g/mol. The first-order chi connectivity index (χ1) is 29.8. The average Bonchev–Trinajstić information content (AvgIpc) is 3.85. The molecular weight excluding hydrogens is 729 g/mol. The molecule has 12 rings (SSSR count). The summed E-state index contributed by atoms with van der Waals surface area (Å²) in [6, 6.07) is 72.6. The summed E-state index contributed by atoms with van der Waals surface area (Å²) in [5.74, 6) is 0.908. The van der Waals surface area contributed by atoms with Gasteiger partial charge in [0.25, 0.3) is 0 Å². The lowest BCUT2D eigenvalue weighted by atomic mass is 9.64. The summed E-state index contributed by atoms with van der Waals surface area (Å²) < 4.78 is 6.61. The summed E-state index contributed by atoms with van der Waals surface area (Å²) in [7, 11) is 0. The minimum Gasteiger partial charge on any atom is -0.452 e. The molecule has 2 atom stereocenters. The molecule has 3 nitrogen and oxygen atoms in total. The van der Waals surface area contributed by atoms with Crippen LogP contribution in [0.4, 0.5) is 5.69 Å². The molecule has 0 radical (unpaired) electrons. The van der Waals surface area contributed by atoms with Gasteiger partial charge in [0.05, 0.1) is 11.1 Å². The molecule has 2 heterocycles. The highest BCUT2D eigenvalue weighted by Gasteiger charge is 2.49. The van der Waals surface area contributed by atoms with Crippen LogP contribution in [0, 0.1) is 0 Å². The largest absolute Gasteiger partial charge is 0.452 e. The van der Waals surface area contributed by atoms with Crippen LogP contribution in [0.3, 0.4) is 0 Å². The zero-order valence-corrected chi connectivity index (χ0v) is 32.9. The molecular formula is C57H40N2O. The van der Waals surface area contributed by atoms with Gasteiger partial charge in [0.2, 0.25) is 0 Å². The summed E-state index contributed by atoms with van der Waals surface area (Å²) in [6.45, 7) is 0. The van der Waals surface area contributed by atoms with Gasteiger partial charge in [0.1, 0.15) is 17.5 Å². The first kappa shape index (κ1) is 34.5. The van der Waals surface area contributed by atoms with Crippen LogP contribution < -0.4 is 5.32 Å². The Bertz CT molecular complexity index is 3150. The summed E-state index contributed by atoms with van der Waals surface area (Å²) in [5, 5.41) is 7.31. The van der Waals surface area contributed by atoms with Crippen molar-refractivity contribution in [2.75, 3.05) is 5.32 Å². The van der Waals surface area contributed by atoms with Gasteiger partial charge >= 0.3 is 0 Å². The Morgan fingerprint density at radius 2 is 1.17 bits per heavy atom. The van der Waals surface area contributed by atoms with E-state index in [-0.39, 0.29) is 12.1 Å². The van der Waals surface area contributed by atoms with Crippen LogP contribution in [0.15, 0.2) is 227 Å². The number of nitrogens with one attached hydrogen (secondary N) is 1. The average molecular weight is 769 g/mol. The van der Waals surface area contributed by atoms with Gasteiger partial charge in [-0.25, -0.2) is 0 Å².